The molecule has 2 fully saturated rings. The van der Waals surface area contributed by atoms with Gasteiger partial charge in [-0.25, -0.2) is 9.59 Å². The van der Waals surface area contributed by atoms with E-state index in [9.17, 15) is 117 Å². The number of anilines is 2. The van der Waals surface area contributed by atoms with Gasteiger partial charge in [-0.3, -0.25) is 126 Å². The number of carboxylic acid groups (broad SMARTS) is 6. The summed E-state index contributed by atoms with van der Waals surface area (Å²) in [5, 5.41) is 78.9. The number of nitrogens with zero attached hydrogens (tertiary/aromatic N) is 10. The van der Waals surface area contributed by atoms with Crippen molar-refractivity contribution in [2.45, 2.75) is 91.4 Å². The molecule has 45 heteroatoms. The van der Waals surface area contributed by atoms with Crippen LogP contribution in [0.15, 0.2) is 72.8 Å². The Hall–Kier alpha value is -9.52. The zero-order valence-electron chi connectivity index (χ0n) is 73.9. The Morgan fingerprint density at radius 1 is 0.364 bits per heavy atom. The molecule has 2 aromatic rings. The summed E-state index contributed by atoms with van der Waals surface area (Å²) in [5.41, 5.74) is 2.29. The first-order chi connectivity index (χ1) is 60.9. The van der Waals surface area contributed by atoms with Crippen LogP contribution in [0.2, 0.25) is 0 Å². The van der Waals surface area contributed by atoms with Crippen molar-refractivity contribution >= 4 is 142 Å². The Morgan fingerprint density at radius 2 is 0.605 bits per heavy atom. The first-order valence-electron chi connectivity index (χ1n) is 42.6. The number of benzene rings is 2. The van der Waals surface area contributed by atoms with Gasteiger partial charge in [0.1, 0.15) is 0 Å². The number of carbonyl (C=O) groups excluding carboxylic acids is 12. The number of nitrogens with one attached hydrogen (secondary N) is 8. The fraction of sp³-hybridized carbons (Fsp3) is 0.595. The van der Waals surface area contributed by atoms with Crippen LogP contribution in [-0.2, 0) is 89.8 Å². The molecule has 2 aromatic carbocycles. The predicted octanol–water partition coefficient (Wildman–Crippen LogP) is -0.632. The van der Waals surface area contributed by atoms with E-state index in [1.165, 1.54) is 47.8 Å². The van der Waals surface area contributed by atoms with Crippen molar-refractivity contribution in [2.75, 3.05) is 218 Å². The maximum atomic E-state index is 13.6. The number of hydrogen-bond acceptors (Lipinski definition) is 28. The van der Waals surface area contributed by atoms with Crippen LogP contribution >= 0.6 is 23.5 Å². The Morgan fingerprint density at radius 3 is 0.829 bits per heavy atom. The zero-order valence-corrected chi connectivity index (χ0v) is 77.8. The molecule has 129 heavy (non-hydrogen) atoms. The Kier molecular flexibility index (Phi) is 52.4. The molecule has 0 saturated carbocycles. The minimum Gasteiger partial charge on any atom is -0.480 e. The summed E-state index contributed by atoms with van der Waals surface area (Å²) in [6, 6.07) is 10.4. The number of carboxylic acids is 6. The number of aliphatic carboxylic acids is 6. The average molecular weight is 1990 g/mol. The van der Waals surface area contributed by atoms with E-state index in [0.29, 0.717) is 74.7 Å². The monoisotopic (exact) mass is 1990 g/mol. The second-order valence-electron chi connectivity index (χ2n) is 31.6. The van der Waals surface area contributed by atoms with Crippen LogP contribution < -0.4 is 42.5 Å². The van der Waals surface area contributed by atoms with Gasteiger partial charge in [-0.05, 0) is 84.1 Å². The van der Waals surface area contributed by atoms with Gasteiger partial charge in [-0.15, -0.1) is 0 Å². The van der Waals surface area contributed by atoms with Gasteiger partial charge in [0.05, 0.1) is 64.4 Å². The Bertz CT molecular complexity index is 3800. The summed E-state index contributed by atoms with van der Waals surface area (Å²) >= 11 is 3.01. The standard InChI is InChI=1S/2C42H63N9O12S.Gd/c2*1-4-29(2)32(41(62)43-12-13-51-36(54)9-10-37(51)55)23-34(52)33(11-22-64-3)46-42(63)45-31-7-5-30(6-8-31)24-44-35(53)25-47-14-16-48(26-38(56)57)18-20-50(28-40(60)61)21-19-49(17-15-47)27-39(58)59;/h2*5-10,29,32-33H,4,11-28H2,1-3H3,(H,43,62)(H,44,53)(H,56,57)(H,58,59)(H,60,61)(H2,45,46,63);/t2*29-,32-,33-;/m00./s1. The maximum Gasteiger partial charge on any atom is 0.319 e. The van der Waals surface area contributed by atoms with Crippen molar-refractivity contribution in [1.29, 1.82) is 0 Å². The van der Waals surface area contributed by atoms with Crippen LogP contribution in [0.25, 0.3) is 0 Å². The van der Waals surface area contributed by atoms with Gasteiger partial charge in [0.2, 0.25) is 23.6 Å². The fourth-order valence-corrected chi connectivity index (χ4v) is 15.1. The number of urea groups is 2. The number of Topliss-reactive ketones (excluding diaryl/α,β-unsaturated/α-hetero) is 2. The minimum atomic E-state index is -1.05. The zero-order chi connectivity index (χ0) is 94.4. The number of carbonyl (C=O) groups is 18. The molecule has 2 saturated heterocycles. The summed E-state index contributed by atoms with van der Waals surface area (Å²) < 4.78 is 0. The number of ketones is 2. The van der Waals surface area contributed by atoms with E-state index >= 15 is 0 Å². The van der Waals surface area contributed by atoms with E-state index in [4.69, 9.17) is 0 Å². The van der Waals surface area contributed by atoms with Gasteiger partial charge in [0.15, 0.2) is 11.6 Å². The van der Waals surface area contributed by atoms with Crippen LogP contribution in [0.1, 0.15) is 77.3 Å². The molecular formula is C84H126GdN18O24S2. The molecule has 0 aliphatic carbocycles. The first-order valence-corrected chi connectivity index (χ1v) is 45.4. The van der Waals surface area contributed by atoms with Crippen LogP contribution in [-0.4, -0.2) is 406 Å². The molecule has 14 N–H and O–H groups in total. The van der Waals surface area contributed by atoms with Crippen LogP contribution in [0.5, 0.6) is 0 Å². The second-order valence-corrected chi connectivity index (χ2v) is 33.6. The third-order valence-electron chi connectivity index (χ3n) is 22.0. The maximum absolute atomic E-state index is 13.6. The van der Waals surface area contributed by atoms with E-state index in [-0.39, 0.29) is 270 Å². The molecule has 4 aliphatic heterocycles. The summed E-state index contributed by atoms with van der Waals surface area (Å²) in [5.74, 6) is -10.7. The molecular weight excluding hydrogens is 1870 g/mol. The summed E-state index contributed by atoms with van der Waals surface area (Å²) in [6.45, 7) is 10.5. The molecule has 716 valence electrons. The summed E-state index contributed by atoms with van der Waals surface area (Å²) in [6.07, 6.45) is 10.1. The molecule has 0 spiro atoms. The van der Waals surface area contributed by atoms with E-state index in [1.807, 2.05) is 50.0 Å². The average Bonchev–Trinajstić information content (AvgIpc) is 1.74. The Balaban J connectivity index is 0.000000536. The van der Waals surface area contributed by atoms with Gasteiger partial charge in [0, 0.05) is 244 Å². The van der Waals surface area contributed by atoms with E-state index in [2.05, 4.69) is 42.5 Å². The molecule has 4 heterocycles. The third-order valence-corrected chi connectivity index (χ3v) is 23.3. The number of imide groups is 2. The van der Waals surface area contributed by atoms with Crippen molar-refractivity contribution in [1.82, 2.24) is 80.9 Å². The van der Waals surface area contributed by atoms with Crippen molar-refractivity contribution < 1.29 is 157 Å². The van der Waals surface area contributed by atoms with Crippen molar-refractivity contribution in [3.8, 4) is 0 Å². The van der Waals surface area contributed by atoms with Crippen LogP contribution in [0, 0.1) is 63.6 Å². The van der Waals surface area contributed by atoms with E-state index in [1.54, 1.807) is 77.9 Å². The molecule has 0 radical (unpaired) electrons. The SMILES string of the molecule is CC[C@H](C)[C@H](CC(=O)[C@H](CCSC)NC(=O)Nc1ccc(CNC(=O)CN2CCN(CC(=O)O)CCN(CC(=O)O)CCN(CC(=O)O)CC2)cc1)C(=O)NCCN1C(=O)C=CC1=O.CC[C@H](C)[C@H](CC(=O)[C@H](CCSC)NC(=O)Nc1ccc(CNC(=O)CN2CCN(CC(=O)O)CCN(CC(=O)O)CCN(CC(=O)O)CC2)cc1)C(=O)NCCN1C(=O)C=CC1=O.[Gd]. The number of rotatable bonds is 48. The molecule has 12 amide bonds. The second kappa shape index (κ2) is 60.4. The van der Waals surface area contributed by atoms with Crippen molar-refractivity contribution in [3.63, 3.8) is 0 Å². The minimum absolute atomic E-state index is 0. The normalized spacial score (nSPS) is 17.3. The quantitative estimate of drug-likeness (QED) is 0.0367. The summed E-state index contributed by atoms with van der Waals surface area (Å²) in [4.78, 5) is 239. The summed E-state index contributed by atoms with van der Waals surface area (Å²) in [7, 11) is 0. The number of amides is 12. The molecule has 6 atom stereocenters. The molecule has 0 unspecified atom stereocenters. The van der Waals surface area contributed by atoms with E-state index < -0.39 is 95.4 Å². The van der Waals surface area contributed by atoms with Crippen molar-refractivity contribution in [2.24, 2.45) is 23.7 Å². The first kappa shape index (κ1) is 112. The molecule has 4 aliphatic rings. The molecule has 0 bridgehead atoms. The number of thioether (sulfide) groups is 2. The van der Waals surface area contributed by atoms with Gasteiger partial charge in [-0.2, -0.15) is 23.5 Å². The largest absolute Gasteiger partial charge is 0.480 e. The number of hydrogen-bond donors (Lipinski definition) is 14. The predicted molar refractivity (Wildman–Crippen MR) is 475 cm³/mol. The van der Waals surface area contributed by atoms with Crippen molar-refractivity contribution in [3.05, 3.63) is 84.0 Å². The van der Waals surface area contributed by atoms with Gasteiger partial charge < -0.3 is 73.2 Å². The smallest absolute Gasteiger partial charge is 0.319 e. The van der Waals surface area contributed by atoms with Gasteiger partial charge in [0.25, 0.3) is 23.6 Å². The van der Waals surface area contributed by atoms with Crippen LogP contribution in [0.3, 0.4) is 0 Å². The van der Waals surface area contributed by atoms with Gasteiger partial charge in [-0.1, -0.05) is 64.8 Å². The van der Waals surface area contributed by atoms with Gasteiger partial charge >= 0.3 is 47.9 Å². The molecule has 6 rings (SSSR count). The topological polar surface area (TPSA) is 557 Å². The molecule has 42 nitrogen and oxygen atoms in total. The van der Waals surface area contributed by atoms with Crippen LogP contribution in [0.4, 0.5) is 21.0 Å². The third kappa shape index (κ3) is 44.3. The fourth-order valence-electron chi connectivity index (χ4n) is 14.2. The molecule has 0 aromatic heterocycles. The Labute approximate surface area is 790 Å². The van der Waals surface area contributed by atoms with E-state index in [0.717, 1.165) is 20.9 Å².